The first-order chi connectivity index (χ1) is 11.5. The van der Waals surface area contributed by atoms with E-state index < -0.39 is 0 Å². The average molecular weight is 345 g/mol. The van der Waals surface area contributed by atoms with Gasteiger partial charge in [-0.3, -0.25) is 4.79 Å². The number of urea groups is 1. The fourth-order valence-electron chi connectivity index (χ4n) is 2.25. The minimum Gasteiger partial charge on any atom is -0.324 e. The van der Waals surface area contributed by atoms with E-state index in [1.54, 1.807) is 46.6 Å². The van der Waals surface area contributed by atoms with Crippen LogP contribution in [0.5, 0.6) is 0 Å². The van der Waals surface area contributed by atoms with Crippen LogP contribution in [0, 0.1) is 0 Å². The fourth-order valence-corrected chi connectivity index (χ4v) is 2.95. The van der Waals surface area contributed by atoms with Crippen LogP contribution in [0.1, 0.15) is 12.5 Å². The van der Waals surface area contributed by atoms with E-state index in [2.05, 4.69) is 5.32 Å². The quantitative estimate of drug-likeness (QED) is 0.875. The second-order valence-electron chi connectivity index (χ2n) is 5.71. The Bertz CT molecular complexity index is 728. The summed E-state index contributed by atoms with van der Waals surface area (Å²) in [5.74, 6) is 0.898. The molecule has 1 aromatic heterocycles. The minimum absolute atomic E-state index is 0.0284. The summed E-state index contributed by atoms with van der Waals surface area (Å²) < 4.78 is 1.64. The predicted molar refractivity (Wildman–Crippen MR) is 101 cm³/mol. The van der Waals surface area contributed by atoms with Gasteiger partial charge in [-0.25, -0.2) is 4.79 Å². The molecule has 2 amide bonds. The van der Waals surface area contributed by atoms with Crippen LogP contribution in [0.3, 0.4) is 0 Å². The van der Waals surface area contributed by atoms with Gasteiger partial charge < -0.3 is 14.8 Å². The van der Waals surface area contributed by atoms with Gasteiger partial charge >= 0.3 is 6.03 Å². The molecule has 1 heterocycles. The molecule has 0 fully saturated rings. The summed E-state index contributed by atoms with van der Waals surface area (Å²) >= 11 is 1.72. The van der Waals surface area contributed by atoms with Crippen molar-refractivity contribution >= 4 is 23.5 Å². The molecule has 1 atom stereocenters. The zero-order chi connectivity index (χ0) is 17.5. The number of thioether (sulfide) groups is 1. The number of hydrogen-bond acceptors (Lipinski definition) is 3. The maximum absolute atomic E-state index is 12.2. The molecule has 0 aliphatic carbocycles. The Kier molecular flexibility index (Phi) is 6.49. The number of benzene rings is 1. The lowest BCUT2D eigenvalue weighted by atomic mass is 10.2. The Morgan fingerprint density at radius 3 is 2.58 bits per heavy atom. The molecule has 0 spiro atoms. The maximum atomic E-state index is 12.2. The van der Waals surface area contributed by atoms with Crippen molar-refractivity contribution in [2.45, 2.75) is 19.5 Å². The number of carbonyl (C=O) groups excluding carboxylic acids is 1. The van der Waals surface area contributed by atoms with E-state index in [1.165, 1.54) is 0 Å². The number of carbonyl (C=O) groups is 1. The van der Waals surface area contributed by atoms with Crippen molar-refractivity contribution in [1.29, 1.82) is 0 Å². The van der Waals surface area contributed by atoms with E-state index >= 15 is 0 Å². The number of hydrogen-bond donors (Lipinski definition) is 1. The SMILES string of the molecule is CSC[C@H](C)N(C)C(=O)Nc1ccc(Cn2ccccc2=O)cc1. The molecule has 24 heavy (non-hydrogen) atoms. The molecule has 0 saturated carbocycles. The van der Waals surface area contributed by atoms with Crippen LogP contribution in [-0.2, 0) is 6.54 Å². The van der Waals surface area contributed by atoms with Gasteiger partial charge in [0, 0.05) is 36.8 Å². The zero-order valence-corrected chi connectivity index (χ0v) is 15.0. The average Bonchev–Trinajstić information content (AvgIpc) is 2.58. The molecular weight excluding hydrogens is 322 g/mol. The smallest absolute Gasteiger partial charge is 0.321 e. The second-order valence-corrected chi connectivity index (χ2v) is 6.62. The van der Waals surface area contributed by atoms with Crippen LogP contribution in [-0.4, -0.2) is 40.6 Å². The summed E-state index contributed by atoms with van der Waals surface area (Å²) in [5.41, 5.74) is 1.72. The Morgan fingerprint density at radius 2 is 1.96 bits per heavy atom. The van der Waals surface area contributed by atoms with Gasteiger partial charge in [-0.15, -0.1) is 0 Å². The molecule has 0 saturated heterocycles. The Hall–Kier alpha value is -2.21. The summed E-state index contributed by atoms with van der Waals surface area (Å²) in [6, 6.07) is 12.7. The van der Waals surface area contributed by atoms with Crippen molar-refractivity contribution in [3.63, 3.8) is 0 Å². The Morgan fingerprint density at radius 1 is 1.25 bits per heavy atom. The van der Waals surface area contributed by atoms with Gasteiger partial charge in [0.05, 0.1) is 6.54 Å². The van der Waals surface area contributed by atoms with Gasteiger partial charge in [0.2, 0.25) is 0 Å². The summed E-state index contributed by atoms with van der Waals surface area (Å²) in [6.07, 6.45) is 3.79. The van der Waals surface area contributed by atoms with E-state index in [0.29, 0.717) is 6.54 Å². The van der Waals surface area contributed by atoms with E-state index in [-0.39, 0.29) is 17.6 Å². The molecule has 0 aliphatic rings. The molecule has 2 aromatic rings. The number of nitrogens with zero attached hydrogens (tertiary/aromatic N) is 2. The van der Waals surface area contributed by atoms with E-state index in [9.17, 15) is 9.59 Å². The van der Waals surface area contributed by atoms with Crippen LogP contribution in [0.2, 0.25) is 0 Å². The van der Waals surface area contributed by atoms with Crippen LogP contribution in [0.25, 0.3) is 0 Å². The minimum atomic E-state index is -0.122. The van der Waals surface area contributed by atoms with Gasteiger partial charge in [-0.05, 0) is 36.9 Å². The standard InChI is InChI=1S/C18H23N3O2S/c1-14(13-24-3)20(2)18(23)19-16-9-7-15(8-10-16)12-21-11-5-4-6-17(21)22/h4-11,14H,12-13H2,1-3H3,(H,19,23)/t14-/m0/s1. The third-order valence-corrected chi connectivity index (χ3v) is 4.66. The highest BCUT2D eigenvalue weighted by atomic mass is 32.2. The van der Waals surface area contributed by atoms with Crippen molar-refractivity contribution in [3.05, 3.63) is 64.6 Å². The molecule has 6 heteroatoms. The highest BCUT2D eigenvalue weighted by Gasteiger charge is 2.15. The first-order valence-corrected chi connectivity index (χ1v) is 9.18. The molecule has 0 bridgehead atoms. The summed E-state index contributed by atoms with van der Waals surface area (Å²) in [4.78, 5) is 25.6. The predicted octanol–water partition coefficient (Wildman–Crippen LogP) is 3.11. The number of amides is 2. The van der Waals surface area contributed by atoms with Crippen LogP contribution >= 0.6 is 11.8 Å². The third kappa shape index (κ3) is 4.89. The molecule has 2 rings (SSSR count). The summed E-state index contributed by atoms with van der Waals surface area (Å²) in [6.45, 7) is 2.54. The highest BCUT2D eigenvalue weighted by molar-refractivity contribution is 7.98. The van der Waals surface area contributed by atoms with Crippen LogP contribution < -0.4 is 10.9 Å². The number of pyridine rings is 1. The van der Waals surface area contributed by atoms with Crippen molar-refractivity contribution in [2.24, 2.45) is 0 Å². The molecule has 128 valence electrons. The van der Waals surface area contributed by atoms with Crippen molar-refractivity contribution < 1.29 is 4.79 Å². The van der Waals surface area contributed by atoms with E-state index in [1.807, 2.05) is 43.5 Å². The molecule has 0 unspecified atom stereocenters. The monoisotopic (exact) mass is 345 g/mol. The largest absolute Gasteiger partial charge is 0.324 e. The fraction of sp³-hybridized carbons (Fsp3) is 0.333. The number of aromatic nitrogens is 1. The lowest BCUT2D eigenvalue weighted by Gasteiger charge is -2.24. The van der Waals surface area contributed by atoms with E-state index in [0.717, 1.165) is 17.0 Å². The highest BCUT2D eigenvalue weighted by Crippen LogP contribution is 2.12. The normalized spacial score (nSPS) is 11.8. The maximum Gasteiger partial charge on any atom is 0.321 e. The molecule has 0 aliphatic heterocycles. The van der Waals surface area contributed by atoms with Crippen LogP contribution in [0.4, 0.5) is 10.5 Å². The Balaban J connectivity index is 1.98. The third-order valence-electron chi connectivity index (χ3n) is 3.85. The molecule has 5 nitrogen and oxygen atoms in total. The molecule has 1 N–H and O–H groups in total. The zero-order valence-electron chi connectivity index (χ0n) is 14.2. The number of nitrogens with one attached hydrogen (secondary N) is 1. The van der Waals surface area contributed by atoms with Gasteiger partial charge in [-0.1, -0.05) is 18.2 Å². The lowest BCUT2D eigenvalue weighted by molar-refractivity contribution is 0.212. The van der Waals surface area contributed by atoms with Crippen molar-refractivity contribution in [3.8, 4) is 0 Å². The molecular formula is C18H23N3O2S. The summed E-state index contributed by atoms with van der Waals surface area (Å²) in [5, 5.41) is 2.89. The lowest BCUT2D eigenvalue weighted by Crippen LogP contribution is -2.39. The number of anilines is 1. The molecule has 0 radical (unpaired) electrons. The van der Waals surface area contributed by atoms with Gasteiger partial charge in [-0.2, -0.15) is 11.8 Å². The second kappa shape index (κ2) is 8.59. The summed E-state index contributed by atoms with van der Waals surface area (Å²) in [7, 11) is 1.80. The van der Waals surface area contributed by atoms with E-state index in [4.69, 9.17) is 0 Å². The Labute approximate surface area is 146 Å². The van der Waals surface area contributed by atoms with Crippen molar-refractivity contribution in [1.82, 2.24) is 9.47 Å². The van der Waals surface area contributed by atoms with Gasteiger partial charge in [0.1, 0.15) is 0 Å². The van der Waals surface area contributed by atoms with Gasteiger partial charge in [0.15, 0.2) is 0 Å². The first kappa shape index (κ1) is 18.1. The number of rotatable bonds is 6. The van der Waals surface area contributed by atoms with Crippen molar-refractivity contribution in [2.75, 3.05) is 24.4 Å². The van der Waals surface area contributed by atoms with Gasteiger partial charge in [0.25, 0.3) is 5.56 Å². The molecule has 1 aromatic carbocycles. The first-order valence-electron chi connectivity index (χ1n) is 7.78. The topological polar surface area (TPSA) is 54.3 Å². The van der Waals surface area contributed by atoms with Crippen LogP contribution in [0.15, 0.2) is 53.5 Å².